The molecule has 2 aliphatic rings. The quantitative estimate of drug-likeness (QED) is 0.878. The Kier molecular flexibility index (Phi) is 5.02. The van der Waals surface area contributed by atoms with Crippen LogP contribution in [0.1, 0.15) is 42.3 Å². The average Bonchev–Trinajstić information content (AvgIpc) is 3.27. The number of fused-ring (bicyclic) bond motifs is 2. The van der Waals surface area contributed by atoms with Gasteiger partial charge in [-0.2, -0.15) is 0 Å². The number of amides is 2. The van der Waals surface area contributed by atoms with Crippen molar-refractivity contribution in [2.45, 2.75) is 39.2 Å². The zero-order valence-corrected chi connectivity index (χ0v) is 16.6. The Morgan fingerprint density at radius 1 is 1.22 bits per heavy atom. The van der Waals surface area contributed by atoms with E-state index in [1.807, 2.05) is 29.5 Å². The Morgan fingerprint density at radius 3 is 2.85 bits per heavy atom. The molecule has 1 aromatic carbocycles. The smallest absolute Gasteiger partial charge is 0.238 e. The summed E-state index contributed by atoms with van der Waals surface area (Å²) in [6, 6.07) is 8.37. The molecule has 142 valence electrons. The highest BCUT2D eigenvalue weighted by molar-refractivity contribution is 7.10. The molecule has 0 aliphatic carbocycles. The van der Waals surface area contributed by atoms with E-state index in [9.17, 15) is 9.59 Å². The molecule has 1 aromatic heterocycles. The third-order valence-electron chi connectivity index (χ3n) is 5.58. The van der Waals surface area contributed by atoms with E-state index < -0.39 is 0 Å². The van der Waals surface area contributed by atoms with Crippen LogP contribution in [0, 0.1) is 0 Å². The lowest BCUT2D eigenvalue weighted by molar-refractivity contribution is -0.118. The van der Waals surface area contributed by atoms with Gasteiger partial charge in [-0.05, 0) is 60.0 Å². The summed E-state index contributed by atoms with van der Waals surface area (Å²) >= 11 is 1.83. The van der Waals surface area contributed by atoms with E-state index in [4.69, 9.17) is 0 Å². The third kappa shape index (κ3) is 3.51. The zero-order valence-electron chi connectivity index (χ0n) is 15.8. The van der Waals surface area contributed by atoms with Gasteiger partial charge in [0.15, 0.2) is 0 Å². The predicted octanol–water partition coefficient (Wildman–Crippen LogP) is 3.61. The van der Waals surface area contributed by atoms with Crippen molar-refractivity contribution in [3.05, 3.63) is 45.6 Å². The van der Waals surface area contributed by atoms with E-state index in [0.717, 1.165) is 49.3 Å². The van der Waals surface area contributed by atoms with Gasteiger partial charge >= 0.3 is 0 Å². The normalized spacial score (nSPS) is 18.9. The predicted molar refractivity (Wildman–Crippen MR) is 109 cm³/mol. The largest absolute Gasteiger partial charge is 0.325 e. The molecule has 27 heavy (non-hydrogen) atoms. The number of hydrogen-bond donors (Lipinski definition) is 1. The molecule has 0 saturated heterocycles. The molecule has 0 spiro atoms. The summed E-state index contributed by atoms with van der Waals surface area (Å²) in [4.78, 5) is 29.9. The molecule has 1 N–H and O–H groups in total. The zero-order chi connectivity index (χ0) is 19.0. The van der Waals surface area contributed by atoms with Crippen LogP contribution < -0.4 is 10.2 Å². The van der Waals surface area contributed by atoms with Gasteiger partial charge in [0, 0.05) is 42.3 Å². The maximum Gasteiger partial charge on any atom is 0.238 e. The van der Waals surface area contributed by atoms with Crippen LogP contribution in [0.15, 0.2) is 29.6 Å². The van der Waals surface area contributed by atoms with Crippen molar-refractivity contribution >= 4 is 34.5 Å². The fraction of sp³-hybridized carbons (Fsp3) is 0.429. The van der Waals surface area contributed by atoms with Gasteiger partial charge in [0.2, 0.25) is 11.8 Å². The van der Waals surface area contributed by atoms with Crippen LogP contribution in [0.4, 0.5) is 11.4 Å². The van der Waals surface area contributed by atoms with Crippen LogP contribution in [0.5, 0.6) is 0 Å². The van der Waals surface area contributed by atoms with E-state index in [1.54, 1.807) is 11.8 Å². The topological polar surface area (TPSA) is 52.7 Å². The summed E-state index contributed by atoms with van der Waals surface area (Å²) in [6.45, 7) is 5.83. The molecule has 4 rings (SSSR count). The third-order valence-corrected chi connectivity index (χ3v) is 6.57. The van der Waals surface area contributed by atoms with Gasteiger partial charge in [-0.3, -0.25) is 14.5 Å². The van der Waals surface area contributed by atoms with Crippen LogP contribution in [0.25, 0.3) is 0 Å². The Balaban J connectivity index is 1.42. The van der Waals surface area contributed by atoms with Gasteiger partial charge < -0.3 is 10.2 Å². The van der Waals surface area contributed by atoms with E-state index in [1.165, 1.54) is 10.4 Å². The minimum atomic E-state index is 0.0218. The fourth-order valence-corrected chi connectivity index (χ4v) is 5.24. The number of nitrogens with zero attached hydrogens (tertiary/aromatic N) is 2. The molecule has 0 saturated carbocycles. The van der Waals surface area contributed by atoms with Gasteiger partial charge in [-0.25, -0.2) is 0 Å². The second-order valence-corrected chi connectivity index (χ2v) is 8.26. The highest BCUT2D eigenvalue weighted by Crippen LogP contribution is 2.35. The van der Waals surface area contributed by atoms with Gasteiger partial charge in [0.1, 0.15) is 0 Å². The molecule has 0 fully saturated rings. The van der Waals surface area contributed by atoms with Crippen LogP contribution in [0.2, 0.25) is 0 Å². The van der Waals surface area contributed by atoms with Gasteiger partial charge in [-0.15, -0.1) is 11.3 Å². The van der Waals surface area contributed by atoms with Crippen molar-refractivity contribution in [3.8, 4) is 0 Å². The summed E-state index contributed by atoms with van der Waals surface area (Å²) < 4.78 is 0. The molecule has 0 unspecified atom stereocenters. The molecule has 0 bridgehead atoms. The van der Waals surface area contributed by atoms with E-state index >= 15 is 0 Å². The van der Waals surface area contributed by atoms with Crippen LogP contribution in [-0.2, 0) is 22.4 Å². The maximum absolute atomic E-state index is 12.7. The number of hydrogen-bond acceptors (Lipinski definition) is 4. The second-order valence-electron chi connectivity index (χ2n) is 7.26. The van der Waals surface area contributed by atoms with Crippen molar-refractivity contribution in [2.24, 2.45) is 0 Å². The standard InChI is InChI=1S/C21H25N3O2S/c1-3-18-17-8-11-27-20(17)7-9-23(18)13-21(26)22-16-4-5-19-15(12-16)6-10-24(19)14(2)25/h4-5,8,11-12,18H,3,6-7,9-10,13H2,1-2H3,(H,22,26)/t18-/m0/s1. The number of anilines is 2. The van der Waals surface area contributed by atoms with Crippen molar-refractivity contribution in [3.63, 3.8) is 0 Å². The van der Waals surface area contributed by atoms with Crippen molar-refractivity contribution in [1.82, 2.24) is 4.90 Å². The Labute approximate surface area is 164 Å². The summed E-state index contributed by atoms with van der Waals surface area (Å²) in [6.07, 6.45) is 2.87. The molecule has 5 nitrogen and oxygen atoms in total. The lowest BCUT2D eigenvalue weighted by Gasteiger charge is -2.34. The van der Waals surface area contributed by atoms with Crippen LogP contribution in [-0.4, -0.2) is 36.3 Å². The average molecular weight is 384 g/mol. The molecule has 0 radical (unpaired) electrons. The molecular formula is C21H25N3O2S. The number of carbonyl (C=O) groups excluding carboxylic acids is 2. The Bertz CT molecular complexity index is 876. The van der Waals surface area contributed by atoms with Gasteiger partial charge in [0.25, 0.3) is 0 Å². The first-order valence-electron chi connectivity index (χ1n) is 9.58. The summed E-state index contributed by atoms with van der Waals surface area (Å²) in [5.74, 6) is 0.0857. The fourth-order valence-electron chi connectivity index (χ4n) is 4.31. The first-order valence-corrected chi connectivity index (χ1v) is 10.5. The summed E-state index contributed by atoms with van der Waals surface area (Å²) in [5.41, 5.74) is 4.29. The van der Waals surface area contributed by atoms with Gasteiger partial charge in [0.05, 0.1) is 6.54 Å². The SMILES string of the molecule is CC[C@H]1c2ccsc2CCN1CC(=O)Nc1ccc2c(c1)CCN2C(C)=O. The number of nitrogens with one attached hydrogen (secondary N) is 1. The molecule has 1 atom stereocenters. The number of benzene rings is 1. The summed E-state index contributed by atoms with van der Waals surface area (Å²) in [5, 5.41) is 5.20. The van der Waals surface area contributed by atoms with E-state index in [0.29, 0.717) is 12.6 Å². The molecule has 2 aliphatic heterocycles. The number of thiophene rings is 1. The first kappa shape index (κ1) is 18.2. The first-order chi connectivity index (χ1) is 13.1. The van der Waals surface area contributed by atoms with Crippen molar-refractivity contribution < 1.29 is 9.59 Å². The van der Waals surface area contributed by atoms with Crippen LogP contribution in [0.3, 0.4) is 0 Å². The number of rotatable bonds is 4. The molecule has 3 heterocycles. The van der Waals surface area contributed by atoms with Crippen molar-refractivity contribution in [2.75, 3.05) is 29.9 Å². The number of carbonyl (C=O) groups is 2. The van der Waals surface area contributed by atoms with Crippen LogP contribution >= 0.6 is 11.3 Å². The minimum absolute atomic E-state index is 0.0218. The highest BCUT2D eigenvalue weighted by atomic mass is 32.1. The van der Waals surface area contributed by atoms with Gasteiger partial charge in [-0.1, -0.05) is 6.92 Å². The lowest BCUT2D eigenvalue weighted by atomic mass is 9.98. The molecule has 2 aromatic rings. The maximum atomic E-state index is 12.7. The minimum Gasteiger partial charge on any atom is -0.325 e. The van der Waals surface area contributed by atoms with E-state index in [-0.39, 0.29) is 11.8 Å². The second kappa shape index (κ2) is 7.44. The molecule has 2 amide bonds. The monoisotopic (exact) mass is 383 g/mol. The highest BCUT2D eigenvalue weighted by Gasteiger charge is 2.28. The Morgan fingerprint density at radius 2 is 2.07 bits per heavy atom. The summed E-state index contributed by atoms with van der Waals surface area (Å²) in [7, 11) is 0. The van der Waals surface area contributed by atoms with E-state index in [2.05, 4.69) is 28.6 Å². The lowest BCUT2D eigenvalue weighted by Crippen LogP contribution is -2.40. The Hall–Kier alpha value is -2.18. The van der Waals surface area contributed by atoms with Crippen molar-refractivity contribution in [1.29, 1.82) is 0 Å². The molecular weight excluding hydrogens is 358 g/mol. The molecule has 6 heteroatoms.